The fourth-order valence-electron chi connectivity index (χ4n) is 3.58. The Balaban J connectivity index is 1.36. The van der Waals surface area contributed by atoms with Crippen LogP contribution >= 0.6 is 0 Å². The number of furan rings is 2. The normalized spacial score (nSPS) is 10.9. The number of fused-ring (bicyclic) bond motifs is 1. The Bertz CT molecular complexity index is 1520. The minimum absolute atomic E-state index is 0.252. The number of hydrogen-bond donors (Lipinski definition) is 1. The van der Waals surface area contributed by atoms with Gasteiger partial charge in [0.2, 0.25) is 0 Å². The molecule has 3 heterocycles. The minimum atomic E-state index is -0.640. The van der Waals surface area contributed by atoms with E-state index < -0.39 is 18.5 Å². The molecular formula is C27H21N3O5. The molecule has 0 saturated heterocycles. The molecule has 0 atom stereocenters. The Morgan fingerprint density at radius 3 is 2.14 bits per heavy atom. The van der Waals surface area contributed by atoms with E-state index in [1.165, 1.54) is 0 Å². The molecular weight excluding hydrogens is 446 g/mol. The first-order valence-corrected chi connectivity index (χ1v) is 10.9. The van der Waals surface area contributed by atoms with Gasteiger partial charge in [0.15, 0.2) is 18.1 Å². The first-order chi connectivity index (χ1) is 17.0. The van der Waals surface area contributed by atoms with Gasteiger partial charge < -0.3 is 18.9 Å². The van der Waals surface area contributed by atoms with Gasteiger partial charge in [-0.2, -0.15) is 0 Å². The van der Waals surface area contributed by atoms with Crippen molar-refractivity contribution in [3.05, 3.63) is 89.9 Å². The lowest BCUT2D eigenvalue weighted by molar-refractivity contribution is -0.119. The van der Waals surface area contributed by atoms with Gasteiger partial charge in [0, 0.05) is 5.69 Å². The van der Waals surface area contributed by atoms with Gasteiger partial charge in [0.05, 0.1) is 29.1 Å². The summed E-state index contributed by atoms with van der Waals surface area (Å²) in [5, 5.41) is 2.73. The first kappa shape index (κ1) is 22.1. The molecule has 1 N–H and O–H groups in total. The highest BCUT2D eigenvalue weighted by Crippen LogP contribution is 2.31. The van der Waals surface area contributed by atoms with Crippen molar-refractivity contribution in [3.8, 4) is 22.9 Å². The highest BCUT2D eigenvalue weighted by molar-refractivity contribution is 5.97. The second kappa shape index (κ2) is 9.26. The third kappa shape index (κ3) is 4.67. The van der Waals surface area contributed by atoms with Crippen LogP contribution in [0.3, 0.4) is 0 Å². The van der Waals surface area contributed by atoms with E-state index in [1.54, 1.807) is 61.1 Å². The van der Waals surface area contributed by atoms with Crippen molar-refractivity contribution in [3.63, 3.8) is 0 Å². The number of nitrogens with one attached hydrogen (secondary N) is 1. The number of ether oxygens (including phenoxy) is 1. The fraction of sp³-hybridized carbons (Fsp3) is 0.111. The summed E-state index contributed by atoms with van der Waals surface area (Å²) in [6.07, 6.45) is 3.10. The number of hydrogen-bond acceptors (Lipinski definition) is 7. The number of nitrogens with zero attached hydrogens (tertiary/aromatic N) is 2. The van der Waals surface area contributed by atoms with Gasteiger partial charge in [-0.15, -0.1) is 0 Å². The third-order valence-electron chi connectivity index (χ3n) is 5.53. The molecule has 5 rings (SSSR count). The molecule has 2 aromatic carbocycles. The van der Waals surface area contributed by atoms with Crippen LogP contribution < -0.4 is 5.32 Å². The molecule has 0 fully saturated rings. The number of carbonyl (C=O) groups excluding carboxylic acids is 2. The number of amides is 1. The third-order valence-corrected chi connectivity index (χ3v) is 5.53. The average molecular weight is 467 g/mol. The lowest BCUT2D eigenvalue weighted by Crippen LogP contribution is -2.21. The van der Waals surface area contributed by atoms with Gasteiger partial charge in [-0.1, -0.05) is 6.07 Å². The van der Waals surface area contributed by atoms with Gasteiger partial charge in [-0.3, -0.25) is 4.79 Å². The van der Waals surface area contributed by atoms with Crippen LogP contribution in [-0.2, 0) is 9.53 Å². The maximum Gasteiger partial charge on any atom is 0.338 e. The van der Waals surface area contributed by atoms with Gasteiger partial charge in [0.25, 0.3) is 5.91 Å². The first-order valence-electron chi connectivity index (χ1n) is 10.9. The lowest BCUT2D eigenvalue weighted by Gasteiger charge is -2.09. The molecule has 0 aliphatic rings. The van der Waals surface area contributed by atoms with E-state index in [9.17, 15) is 9.59 Å². The monoisotopic (exact) mass is 467 g/mol. The molecule has 0 bridgehead atoms. The summed E-state index contributed by atoms with van der Waals surface area (Å²) in [5.41, 5.74) is 5.12. The van der Waals surface area contributed by atoms with E-state index in [1.807, 2.05) is 26.0 Å². The fourth-order valence-corrected chi connectivity index (χ4v) is 3.58. The molecule has 0 spiro atoms. The number of aryl methyl sites for hydroxylation is 2. The highest BCUT2D eigenvalue weighted by Gasteiger charge is 2.19. The molecule has 8 heteroatoms. The molecule has 0 radical (unpaired) electrons. The quantitative estimate of drug-likeness (QED) is 0.326. The Morgan fingerprint density at radius 2 is 1.51 bits per heavy atom. The van der Waals surface area contributed by atoms with Crippen LogP contribution in [0, 0.1) is 13.8 Å². The Kier molecular flexibility index (Phi) is 5.85. The van der Waals surface area contributed by atoms with Crippen molar-refractivity contribution >= 4 is 28.6 Å². The molecule has 5 aromatic rings. The standard InChI is InChI=1S/C27H21N3O5/c1-16-7-9-19(13-17(16)2)28-24(31)15-35-27(32)18-8-10-20-21(14-18)30-26(23-6-4-12-34-23)25(29-20)22-5-3-11-33-22/h3-14H,15H2,1-2H3,(H,28,31). The van der Waals surface area contributed by atoms with Gasteiger partial charge >= 0.3 is 5.97 Å². The van der Waals surface area contributed by atoms with Gasteiger partial charge in [0.1, 0.15) is 11.4 Å². The summed E-state index contributed by atoms with van der Waals surface area (Å²) in [7, 11) is 0. The topological polar surface area (TPSA) is 107 Å². The predicted molar refractivity (Wildman–Crippen MR) is 130 cm³/mol. The minimum Gasteiger partial charge on any atom is -0.463 e. The van der Waals surface area contributed by atoms with Crippen LogP contribution in [0.5, 0.6) is 0 Å². The van der Waals surface area contributed by atoms with Crippen LogP contribution in [-0.4, -0.2) is 28.5 Å². The second-order valence-electron chi connectivity index (χ2n) is 8.00. The van der Waals surface area contributed by atoms with Crippen molar-refractivity contribution in [1.29, 1.82) is 0 Å². The predicted octanol–water partition coefficient (Wildman–Crippen LogP) is 5.56. The second-order valence-corrected chi connectivity index (χ2v) is 8.00. The zero-order valence-electron chi connectivity index (χ0n) is 19.1. The van der Waals surface area contributed by atoms with Crippen molar-refractivity contribution in [2.75, 3.05) is 11.9 Å². The smallest absolute Gasteiger partial charge is 0.338 e. The molecule has 1 amide bonds. The van der Waals surface area contributed by atoms with E-state index in [0.29, 0.717) is 39.6 Å². The summed E-state index contributed by atoms with van der Waals surface area (Å²) in [6, 6.07) is 17.5. The van der Waals surface area contributed by atoms with Crippen molar-refractivity contribution in [2.24, 2.45) is 0 Å². The molecule has 0 aliphatic heterocycles. The Morgan fingerprint density at radius 1 is 0.829 bits per heavy atom. The summed E-state index contributed by atoms with van der Waals surface area (Å²) in [4.78, 5) is 34.2. The summed E-state index contributed by atoms with van der Waals surface area (Å²) in [6.45, 7) is 3.54. The van der Waals surface area contributed by atoms with Crippen molar-refractivity contribution in [1.82, 2.24) is 9.97 Å². The molecule has 0 saturated carbocycles. The molecule has 0 aliphatic carbocycles. The maximum atomic E-state index is 12.6. The van der Waals surface area contributed by atoms with E-state index in [-0.39, 0.29) is 5.56 Å². The zero-order chi connectivity index (χ0) is 24.4. The number of rotatable bonds is 6. The molecule has 8 nitrogen and oxygen atoms in total. The number of benzene rings is 2. The van der Waals surface area contributed by atoms with Crippen LogP contribution in [0.4, 0.5) is 5.69 Å². The highest BCUT2D eigenvalue weighted by atomic mass is 16.5. The number of aromatic nitrogens is 2. The van der Waals surface area contributed by atoms with E-state index in [2.05, 4.69) is 15.3 Å². The zero-order valence-corrected chi connectivity index (χ0v) is 19.1. The van der Waals surface area contributed by atoms with Crippen LogP contribution in [0.25, 0.3) is 33.9 Å². The van der Waals surface area contributed by atoms with Crippen molar-refractivity contribution < 1.29 is 23.2 Å². The molecule has 0 unspecified atom stereocenters. The Labute approximate surface area is 200 Å². The average Bonchev–Trinajstić information content (AvgIpc) is 3.58. The van der Waals surface area contributed by atoms with Crippen LogP contribution in [0.2, 0.25) is 0 Å². The van der Waals surface area contributed by atoms with Crippen molar-refractivity contribution in [2.45, 2.75) is 13.8 Å². The summed E-state index contributed by atoms with van der Waals surface area (Å²) in [5.74, 6) is -0.00478. The maximum absolute atomic E-state index is 12.6. The summed E-state index contributed by atoms with van der Waals surface area (Å²) < 4.78 is 16.3. The van der Waals surface area contributed by atoms with Gasteiger partial charge in [-0.25, -0.2) is 14.8 Å². The lowest BCUT2D eigenvalue weighted by atomic mass is 10.1. The number of esters is 1. The number of anilines is 1. The van der Waals surface area contributed by atoms with E-state index >= 15 is 0 Å². The van der Waals surface area contributed by atoms with E-state index in [4.69, 9.17) is 13.6 Å². The van der Waals surface area contributed by atoms with Crippen LogP contribution in [0.15, 0.2) is 82.0 Å². The SMILES string of the molecule is Cc1ccc(NC(=O)COC(=O)c2ccc3nc(-c4ccco4)c(-c4ccco4)nc3c2)cc1C. The largest absolute Gasteiger partial charge is 0.463 e. The molecule has 174 valence electrons. The Hall–Kier alpha value is -4.72. The van der Waals surface area contributed by atoms with E-state index in [0.717, 1.165) is 11.1 Å². The van der Waals surface area contributed by atoms with Crippen LogP contribution in [0.1, 0.15) is 21.5 Å². The summed E-state index contributed by atoms with van der Waals surface area (Å²) >= 11 is 0. The number of carbonyl (C=O) groups is 2. The van der Waals surface area contributed by atoms with Gasteiger partial charge in [-0.05, 0) is 79.6 Å². The molecule has 35 heavy (non-hydrogen) atoms. The molecule has 3 aromatic heterocycles.